The smallest absolute Gasteiger partial charge is 0.174 e. The van der Waals surface area contributed by atoms with Crippen molar-refractivity contribution in [2.75, 3.05) is 0 Å². The zero-order chi connectivity index (χ0) is 14.1. The number of para-hydroxylation sites is 2. The Bertz CT molecular complexity index is 769. The van der Waals surface area contributed by atoms with Gasteiger partial charge in [0, 0.05) is 7.05 Å². The van der Waals surface area contributed by atoms with E-state index in [9.17, 15) is 5.11 Å². The predicted octanol–water partition coefficient (Wildman–Crippen LogP) is 2.32. The van der Waals surface area contributed by atoms with E-state index in [2.05, 4.69) is 15.0 Å². The van der Waals surface area contributed by atoms with Crippen LogP contribution in [0.25, 0.3) is 11.0 Å². The summed E-state index contributed by atoms with van der Waals surface area (Å²) in [5.74, 6) is 0. The highest BCUT2D eigenvalue weighted by Crippen LogP contribution is 2.28. The van der Waals surface area contributed by atoms with Crippen molar-refractivity contribution in [2.24, 2.45) is 7.05 Å². The molecule has 0 atom stereocenters. The van der Waals surface area contributed by atoms with Crippen molar-refractivity contribution < 1.29 is 5.11 Å². The minimum Gasteiger partial charge on any atom is -0.390 e. The monoisotopic (exact) mass is 286 g/mol. The zero-order valence-electron chi connectivity index (χ0n) is 11.2. The third-order valence-corrected chi connectivity index (χ3v) is 4.24. The maximum absolute atomic E-state index is 9.20. The van der Waals surface area contributed by atoms with Crippen molar-refractivity contribution in [1.29, 1.82) is 0 Å². The van der Waals surface area contributed by atoms with E-state index in [1.54, 1.807) is 6.20 Å². The van der Waals surface area contributed by atoms with Crippen LogP contribution in [0, 0.1) is 6.92 Å². The molecular formula is C14H14N4OS. The van der Waals surface area contributed by atoms with Gasteiger partial charge in [0.05, 0.1) is 35.2 Å². The van der Waals surface area contributed by atoms with Gasteiger partial charge in [-0.05, 0) is 30.8 Å². The Morgan fingerprint density at radius 1 is 1.20 bits per heavy atom. The zero-order valence-corrected chi connectivity index (χ0v) is 12.1. The molecule has 102 valence electrons. The third-order valence-electron chi connectivity index (χ3n) is 3.09. The Morgan fingerprint density at radius 2 is 1.90 bits per heavy atom. The van der Waals surface area contributed by atoms with Crippen LogP contribution in [0.15, 0.2) is 40.6 Å². The van der Waals surface area contributed by atoms with Gasteiger partial charge in [-0.25, -0.2) is 15.0 Å². The van der Waals surface area contributed by atoms with Gasteiger partial charge in [0.25, 0.3) is 0 Å². The second kappa shape index (κ2) is 5.22. The van der Waals surface area contributed by atoms with Gasteiger partial charge in [-0.15, -0.1) is 0 Å². The van der Waals surface area contributed by atoms with E-state index in [-0.39, 0.29) is 6.61 Å². The lowest BCUT2D eigenvalue weighted by atomic mass is 10.3. The van der Waals surface area contributed by atoms with Gasteiger partial charge in [0.2, 0.25) is 0 Å². The largest absolute Gasteiger partial charge is 0.390 e. The molecule has 3 rings (SSSR count). The number of rotatable bonds is 3. The average Bonchev–Trinajstić information content (AvgIpc) is 2.80. The molecule has 0 spiro atoms. The number of imidazole rings is 1. The molecule has 1 N–H and O–H groups in total. The molecular weight excluding hydrogens is 272 g/mol. The van der Waals surface area contributed by atoms with Gasteiger partial charge in [0.15, 0.2) is 5.16 Å². The van der Waals surface area contributed by atoms with Crippen LogP contribution in [0.2, 0.25) is 0 Å². The minimum absolute atomic E-state index is 0.0214. The van der Waals surface area contributed by atoms with Crippen molar-refractivity contribution in [2.45, 2.75) is 23.7 Å². The molecule has 5 nitrogen and oxygen atoms in total. The van der Waals surface area contributed by atoms with Crippen LogP contribution >= 0.6 is 11.8 Å². The number of aromatic nitrogens is 4. The third kappa shape index (κ3) is 2.28. The SMILES string of the molecule is Cc1nc2ccccc2nc1Sc1ncc(CO)n1C. The molecule has 0 fully saturated rings. The quantitative estimate of drug-likeness (QED) is 0.800. The molecule has 0 unspecified atom stereocenters. The molecule has 0 saturated carbocycles. The van der Waals surface area contributed by atoms with E-state index in [1.807, 2.05) is 42.8 Å². The van der Waals surface area contributed by atoms with Crippen molar-refractivity contribution in [3.05, 3.63) is 41.9 Å². The van der Waals surface area contributed by atoms with Gasteiger partial charge in [-0.3, -0.25) is 0 Å². The number of benzene rings is 1. The summed E-state index contributed by atoms with van der Waals surface area (Å²) < 4.78 is 1.86. The van der Waals surface area contributed by atoms with Crippen molar-refractivity contribution in [3.8, 4) is 0 Å². The number of aliphatic hydroxyl groups excluding tert-OH is 1. The molecule has 0 aliphatic rings. The molecule has 0 saturated heterocycles. The van der Waals surface area contributed by atoms with E-state index >= 15 is 0 Å². The Balaban J connectivity index is 2.01. The number of fused-ring (bicyclic) bond motifs is 1. The van der Waals surface area contributed by atoms with E-state index in [1.165, 1.54) is 11.8 Å². The van der Waals surface area contributed by atoms with E-state index in [0.29, 0.717) is 0 Å². The first kappa shape index (κ1) is 13.1. The second-order valence-corrected chi connectivity index (χ2v) is 5.41. The summed E-state index contributed by atoms with van der Waals surface area (Å²) in [6.07, 6.45) is 1.67. The fraction of sp³-hybridized carbons (Fsp3) is 0.214. The molecule has 0 amide bonds. The highest BCUT2D eigenvalue weighted by atomic mass is 32.2. The Hall–Kier alpha value is -1.92. The highest BCUT2D eigenvalue weighted by molar-refractivity contribution is 7.99. The molecule has 3 aromatic rings. The normalized spacial score (nSPS) is 11.2. The highest BCUT2D eigenvalue weighted by Gasteiger charge is 2.12. The lowest BCUT2D eigenvalue weighted by Crippen LogP contribution is -1.99. The van der Waals surface area contributed by atoms with Gasteiger partial charge in [-0.2, -0.15) is 0 Å². The molecule has 6 heteroatoms. The fourth-order valence-electron chi connectivity index (χ4n) is 1.92. The fourth-order valence-corrected chi connectivity index (χ4v) is 2.79. The molecule has 0 aliphatic carbocycles. The number of nitrogens with zero attached hydrogens (tertiary/aromatic N) is 4. The van der Waals surface area contributed by atoms with Gasteiger partial charge in [-0.1, -0.05) is 12.1 Å². The molecule has 1 aromatic carbocycles. The van der Waals surface area contributed by atoms with Gasteiger partial charge >= 0.3 is 0 Å². The van der Waals surface area contributed by atoms with Crippen LogP contribution in [-0.2, 0) is 13.7 Å². The lowest BCUT2D eigenvalue weighted by molar-refractivity contribution is 0.271. The molecule has 2 heterocycles. The summed E-state index contributed by atoms with van der Waals surface area (Å²) >= 11 is 1.46. The van der Waals surface area contributed by atoms with Crippen LogP contribution in [0.1, 0.15) is 11.4 Å². The van der Waals surface area contributed by atoms with Crippen LogP contribution in [0.4, 0.5) is 0 Å². The van der Waals surface area contributed by atoms with Crippen molar-refractivity contribution >= 4 is 22.8 Å². The van der Waals surface area contributed by atoms with E-state index < -0.39 is 0 Å². The molecule has 0 radical (unpaired) electrons. The first-order valence-electron chi connectivity index (χ1n) is 6.21. The first-order valence-corrected chi connectivity index (χ1v) is 7.03. The maximum atomic E-state index is 9.20. The standard InChI is InChI=1S/C14H14N4OS/c1-9-13(17-12-6-4-3-5-11(12)16-9)20-14-15-7-10(8-19)18(14)2/h3-7,19H,8H2,1-2H3. The first-order chi connectivity index (χ1) is 9.69. The topological polar surface area (TPSA) is 63.8 Å². The maximum Gasteiger partial charge on any atom is 0.174 e. The van der Waals surface area contributed by atoms with Crippen LogP contribution in [-0.4, -0.2) is 24.6 Å². The van der Waals surface area contributed by atoms with E-state index in [0.717, 1.165) is 32.6 Å². The second-order valence-electron chi connectivity index (χ2n) is 4.45. The summed E-state index contributed by atoms with van der Waals surface area (Å²) in [6.45, 7) is 1.92. The number of aliphatic hydroxyl groups is 1. The van der Waals surface area contributed by atoms with Crippen LogP contribution in [0.3, 0.4) is 0 Å². The van der Waals surface area contributed by atoms with Crippen LogP contribution in [0.5, 0.6) is 0 Å². The number of aryl methyl sites for hydroxylation is 1. The summed E-state index contributed by atoms with van der Waals surface area (Å²) in [5, 5.41) is 10.8. The summed E-state index contributed by atoms with van der Waals surface area (Å²) in [6, 6.07) is 7.80. The van der Waals surface area contributed by atoms with Crippen LogP contribution < -0.4 is 0 Å². The van der Waals surface area contributed by atoms with Crippen molar-refractivity contribution in [1.82, 2.24) is 19.5 Å². The van der Waals surface area contributed by atoms with E-state index in [4.69, 9.17) is 0 Å². The van der Waals surface area contributed by atoms with Gasteiger partial charge < -0.3 is 9.67 Å². The lowest BCUT2D eigenvalue weighted by Gasteiger charge is -2.06. The van der Waals surface area contributed by atoms with Crippen molar-refractivity contribution in [3.63, 3.8) is 0 Å². The summed E-state index contributed by atoms with van der Waals surface area (Å²) in [4.78, 5) is 13.5. The predicted molar refractivity (Wildman–Crippen MR) is 77.5 cm³/mol. The summed E-state index contributed by atoms with van der Waals surface area (Å²) in [7, 11) is 1.88. The van der Waals surface area contributed by atoms with Gasteiger partial charge in [0.1, 0.15) is 5.03 Å². The molecule has 20 heavy (non-hydrogen) atoms. The molecule has 2 aromatic heterocycles. The Labute approximate surface area is 120 Å². The molecule has 0 aliphatic heterocycles. The average molecular weight is 286 g/mol. The number of hydrogen-bond acceptors (Lipinski definition) is 5. The number of hydrogen-bond donors (Lipinski definition) is 1. The Morgan fingerprint density at radius 3 is 2.55 bits per heavy atom. The Kier molecular flexibility index (Phi) is 3.42. The minimum atomic E-state index is -0.0214. The summed E-state index contributed by atoms with van der Waals surface area (Å²) in [5.41, 5.74) is 3.42. The molecule has 0 bridgehead atoms.